The highest BCUT2D eigenvalue weighted by molar-refractivity contribution is 9.08. The molecule has 0 aromatic heterocycles. The third-order valence-electron chi connectivity index (χ3n) is 2.60. The summed E-state index contributed by atoms with van der Waals surface area (Å²) in [4.78, 5) is 0.129. The van der Waals surface area contributed by atoms with Crippen molar-refractivity contribution in [2.75, 3.05) is 0 Å². The topological polar surface area (TPSA) is 60.2 Å². The molecule has 2 aromatic rings. The first kappa shape index (κ1) is 13.3. The van der Waals surface area contributed by atoms with Gasteiger partial charge in [-0.1, -0.05) is 52.3 Å². The molecule has 0 aliphatic carbocycles. The smallest absolute Gasteiger partial charge is 0.225 e. The number of sulfonamides is 1. The summed E-state index contributed by atoms with van der Waals surface area (Å²) in [5, 5.41) is 5.91. The highest BCUT2D eigenvalue weighted by atomic mass is 79.9. The molecular formula is C13H12BrNO2S. The third kappa shape index (κ3) is 2.98. The van der Waals surface area contributed by atoms with E-state index in [0.717, 1.165) is 16.5 Å². The molecule has 0 heterocycles. The molecule has 5 heteroatoms. The van der Waals surface area contributed by atoms with Gasteiger partial charge in [0, 0.05) is 5.33 Å². The van der Waals surface area contributed by atoms with E-state index in [2.05, 4.69) is 15.9 Å². The average molecular weight is 326 g/mol. The minimum Gasteiger partial charge on any atom is -0.225 e. The fraction of sp³-hybridized carbons (Fsp3) is 0.0769. The summed E-state index contributed by atoms with van der Waals surface area (Å²) < 4.78 is 22.6. The summed E-state index contributed by atoms with van der Waals surface area (Å²) in [6.07, 6.45) is 0. The van der Waals surface area contributed by atoms with Crippen LogP contribution in [-0.4, -0.2) is 8.42 Å². The first-order valence-electron chi connectivity index (χ1n) is 5.29. The molecule has 2 aromatic carbocycles. The van der Waals surface area contributed by atoms with Crippen LogP contribution in [-0.2, 0) is 15.4 Å². The molecule has 3 nitrogen and oxygen atoms in total. The molecule has 0 saturated carbocycles. The number of halogens is 1. The molecule has 0 radical (unpaired) electrons. The van der Waals surface area contributed by atoms with Crippen molar-refractivity contribution in [2.24, 2.45) is 5.14 Å². The van der Waals surface area contributed by atoms with Crippen molar-refractivity contribution >= 4 is 26.0 Å². The van der Waals surface area contributed by atoms with Crippen LogP contribution in [0.5, 0.6) is 0 Å². The number of hydrogen-bond acceptors (Lipinski definition) is 2. The van der Waals surface area contributed by atoms with Gasteiger partial charge in [0.2, 0.25) is 10.0 Å². The van der Waals surface area contributed by atoms with Gasteiger partial charge in [0.1, 0.15) is 0 Å². The molecule has 2 rings (SSSR count). The van der Waals surface area contributed by atoms with Gasteiger partial charge in [-0.3, -0.25) is 0 Å². The quantitative estimate of drug-likeness (QED) is 0.882. The van der Waals surface area contributed by atoms with Crippen molar-refractivity contribution in [2.45, 2.75) is 10.2 Å². The fourth-order valence-electron chi connectivity index (χ4n) is 1.64. The van der Waals surface area contributed by atoms with Crippen LogP contribution < -0.4 is 5.14 Å². The van der Waals surface area contributed by atoms with E-state index in [1.54, 1.807) is 12.1 Å². The Labute approximate surface area is 115 Å². The van der Waals surface area contributed by atoms with E-state index in [4.69, 9.17) is 5.14 Å². The van der Waals surface area contributed by atoms with Crippen LogP contribution in [0.25, 0.3) is 11.1 Å². The molecule has 0 bridgehead atoms. The van der Waals surface area contributed by atoms with Crippen LogP contribution in [0.15, 0.2) is 53.4 Å². The van der Waals surface area contributed by atoms with Crippen LogP contribution >= 0.6 is 15.9 Å². The molecule has 0 fully saturated rings. The van der Waals surface area contributed by atoms with Crippen LogP contribution in [0.2, 0.25) is 0 Å². The lowest BCUT2D eigenvalue weighted by Gasteiger charge is -2.05. The Morgan fingerprint density at radius 2 is 1.67 bits per heavy atom. The van der Waals surface area contributed by atoms with Crippen molar-refractivity contribution in [1.29, 1.82) is 0 Å². The average Bonchev–Trinajstić information content (AvgIpc) is 2.38. The Bertz CT molecular complexity index is 651. The first-order chi connectivity index (χ1) is 8.50. The molecule has 0 spiro atoms. The van der Waals surface area contributed by atoms with Gasteiger partial charge in [0.05, 0.1) is 4.90 Å². The van der Waals surface area contributed by atoms with Gasteiger partial charge in [-0.05, 0) is 28.8 Å². The molecule has 0 amide bonds. The van der Waals surface area contributed by atoms with Crippen LogP contribution in [0, 0.1) is 0 Å². The van der Waals surface area contributed by atoms with Gasteiger partial charge in [-0.2, -0.15) is 0 Å². The lowest BCUT2D eigenvalue weighted by atomic mass is 10.0. The second kappa shape index (κ2) is 5.22. The van der Waals surface area contributed by atoms with E-state index in [9.17, 15) is 8.42 Å². The third-order valence-corrected chi connectivity index (χ3v) is 4.16. The van der Waals surface area contributed by atoms with E-state index >= 15 is 0 Å². The van der Waals surface area contributed by atoms with E-state index in [1.165, 1.54) is 11.6 Å². The van der Waals surface area contributed by atoms with Crippen LogP contribution in [0.4, 0.5) is 0 Å². The monoisotopic (exact) mass is 325 g/mol. The molecular weight excluding hydrogens is 314 g/mol. The van der Waals surface area contributed by atoms with Gasteiger partial charge in [-0.15, -0.1) is 0 Å². The minimum absolute atomic E-state index is 0.129. The summed E-state index contributed by atoms with van der Waals surface area (Å²) >= 11 is 3.38. The van der Waals surface area contributed by atoms with E-state index in [-0.39, 0.29) is 4.90 Å². The fourth-order valence-corrected chi connectivity index (χ4v) is 2.57. The number of alkyl halides is 1. The van der Waals surface area contributed by atoms with E-state index in [0.29, 0.717) is 0 Å². The molecule has 0 unspecified atom stereocenters. The number of primary sulfonamides is 1. The maximum atomic E-state index is 11.3. The Balaban J connectivity index is 2.44. The standard InChI is InChI=1S/C13H12BrNO2S/c14-9-10-4-6-11(7-5-10)12-2-1-3-13(8-12)18(15,16)17/h1-8H,9H2,(H2,15,16,17). The Morgan fingerprint density at radius 3 is 2.22 bits per heavy atom. The predicted octanol–water partition coefficient (Wildman–Crippen LogP) is 2.90. The maximum absolute atomic E-state index is 11.3. The highest BCUT2D eigenvalue weighted by Gasteiger charge is 2.08. The number of rotatable bonds is 3. The van der Waals surface area contributed by atoms with Gasteiger partial charge >= 0.3 is 0 Å². The van der Waals surface area contributed by atoms with Crippen molar-refractivity contribution in [1.82, 2.24) is 0 Å². The largest absolute Gasteiger partial charge is 0.238 e. The molecule has 2 N–H and O–H groups in total. The van der Waals surface area contributed by atoms with Crippen molar-refractivity contribution in [3.8, 4) is 11.1 Å². The van der Waals surface area contributed by atoms with E-state index < -0.39 is 10.0 Å². The maximum Gasteiger partial charge on any atom is 0.238 e. The van der Waals surface area contributed by atoms with Crippen LogP contribution in [0.1, 0.15) is 5.56 Å². The lowest BCUT2D eigenvalue weighted by molar-refractivity contribution is 0.598. The molecule has 94 valence electrons. The lowest BCUT2D eigenvalue weighted by Crippen LogP contribution is -2.11. The molecule has 0 atom stereocenters. The normalized spacial score (nSPS) is 11.4. The molecule has 0 aliphatic heterocycles. The summed E-state index contributed by atoms with van der Waals surface area (Å²) in [7, 11) is -3.65. The number of nitrogens with two attached hydrogens (primary N) is 1. The molecule has 0 aliphatic rings. The van der Waals surface area contributed by atoms with Crippen molar-refractivity contribution in [3.63, 3.8) is 0 Å². The summed E-state index contributed by atoms with van der Waals surface area (Å²) in [6.45, 7) is 0. The molecule has 0 saturated heterocycles. The summed E-state index contributed by atoms with van der Waals surface area (Å²) in [5.74, 6) is 0. The predicted molar refractivity (Wildman–Crippen MR) is 75.9 cm³/mol. The Hall–Kier alpha value is -1.17. The Kier molecular flexibility index (Phi) is 3.85. The SMILES string of the molecule is NS(=O)(=O)c1cccc(-c2ccc(CBr)cc2)c1. The van der Waals surface area contributed by atoms with Gasteiger partial charge < -0.3 is 0 Å². The molecule has 18 heavy (non-hydrogen) atoms. The zero-order valence-corrected chi connectivity index (χ0v) is 11.9. The van der Waals surface area contributed by atoms with Crippen LogP contribution in [0.3, 0.4) is 0 Å². The van der Waals surface area contributed by atoms with E-state index in [1.807, 2.05) is 30.3 Å². The van der Waals surface area contributed by atoms with Crippen molar-refractivity contribution in [3.05, 3.63) is 54.1 Å². The van der Waals surface area contributed by atoms with Gasteiger partial charge in [-0.25, -0.2) is 13.6 Å². The zero-order chi connectivity index (χ0) is 13.2. The minimum atomic E-state index is -3.65. The second-order valence-electron chi connectivity index (χ2n) is 3.90. The summed E-state index contributed by atoms with van der Waals surface area (Å²) in [6, 6.07) is 14.5. The number of hydrogen-bond donors (Lipinski definition) is 1. The zero-order valence-electron chi connectivity index (χ0n) is 9.51. The Morgan fingerprint density at radius 1 is 1.00 bits per heavy atom. The highest BCUT2D eigenvalue weighted by Crippen LogP contribution is 2.22. The number of benzene rings is 2. The summed E-state index contributed by atoms with van der Waals surface area (Å²) in [5.41, 5.74) is 2.97. The first-order valence-corrected chi connectivity index (χ1v) is 7.95. The van der Waals surface area contributed by atoms with Gasteiger partial charge in [0.15, 0.2) is 0 Å². The second-order valence-corrected chi connectivity index (χ2v) is 6.03. The van der Waals surface area contributed by atoms with Crippen molar-refractivity contribution < 1.29 is 8.42 Å². The van der Waals surface area contributed by atoms with Gasteiger partial charge in [0.25, 0.3) is 0 Å².